The average Bonchev–Trinajstić information content (AvgIpc) is 1.25. The van der Waals surface area contributed by atoms with E-state index >= 15 is 0 Å². The van der Waals surface area contributed by atoms with Crippen LogP contribution in [0.15, 0.2) is 0 Å². The van der Waals surface area contributed by atoms with Crippen molar-refractivity contribution in [2.75, 3.05) is 0 Å². The summed E-state index contributed by atoms with van der Waals surface area (Å²) in [6, 6.07) is 0. The summed E-state index contributed by atoms with van der Waals surface area (Å²) in [6.45, 7) is 3.44. The first-order valence-corrected chi connectivity index (χ1v) is 2.32. The summed E-state index contributed by atoms with van der Waals surface area (Å²) < 4.78 is 34.7. The Bertz CT molecular complexity index is 67.2. The smallest absolute Gasteiger partial charge is 0.171 e. The van der Waals surface area contributed by atoms with Gasteiger partial charge < -0.3 is 0 Å². The molecule has 0 aromatic rings. The third-order valence-corrected chi connectivity index (χ3v) is 0.850. The predicted octanol–water partition coefficient (Wildman–Crippen LogP) is 3.02. The molecule has 0 aliphatic rings. The van der Waals surface area contributed by atoms with Crippen molar-refractivity contribution in [3.63, 3.8) is 0 Å². The first kappa shape index (κ1) is 11.8. The van der Waals surface area contributed by atoms with Crippen LogP contribution in [0.3, 0.4) is 0 Å². The summed E-state index contributed by atoms with van der Waals surface area (Å²) in [4.78, 5) is 0. The molecule has 58 valence electrons. The van der Waals surface area contributed by atoms with Crippen molar-refractivity contribution >= 4 is 12.4 Å². The lowest BCUT2D eigenvalue weighted by atomic mass is 9.96. The Morgan fingerprint density at radius 2 is 1.00 bits per heavy atom. The molecule has 0 nitrogen and oxygen atoms in total. The largest absolute Gasteiger partial charge is 0.393 e. The van der Waals surface area contributed by atoms with E-state index in [1.807, 2.05) is 0 Å². The van der Waals surface area contributed by atoms with Crippen LogP contribution < -0.4 is 0 Å². The molecule has 0 aliphatic heterocycles. The van der Waals surface area contributed by atoms with Crippen LogP contribution in [0.25, 0.3) is 0 Å². The zero-order chi connectivity index (χ0) is 7.00. The van der Waals surface area contributed by atoms with E-state index < -0.39 is 11.6 Å². The third-order valence-electron chi connectivity index (χ3n) is 0.850. The van der Waals surface area contributed by atoms with Gasteiger partial charge in [-0.25, -0.2) is 0 Å². The molecule has 0 rings (SSSR count). The lowest BCUT2D eigenvalue weighted by molar-refractivity contribution is -0.204. The molecule has 0 spiro atoms. The molecule has 0 unspecified atom stereocenters. The normalized spacial score (nSPS) is 12.7. The van der Waals surface area contributed by atoms with Gasteiger partial charge in [0.2, 0.25) is 0 Å². The summed E-state index contributed by atoms with van der Waals surface area (Å²) in [6.07, 6.45) is -4.06. The molecule has 4 heteroatoms. The first-order valence-electron chi connectivity index (χ1n) is 2.32. The number of rotatable bonds is 0. The summed E-state index contributed by atoms with van der Waals surface area (Å²) in [7, 11) is 0. The summed E-state index contributed by atoms with van der Waals surface area (Å²) in [5.74, 6) is 0. The maximum Gasteiger partial charge on any atom is 0.393 e. The minimum absolute atomic E-state index is 0. The van der Waals surface area contributed by atoms with E-state index in [-0.39, 0.29) is 12.4 Å². The molecule has 0 radical (unpaired) electrons. The lowest BCUT2D eigenvalue weighted by Crippen LogP contribution is -2.28. The summed E-state index contributed by atoms with van der Waals surface area (Å²) in [5.41, 5.74) is -1.56. The molecule has 0 saturated carbocycles. The second kappa shape index (κ2) is 2.78. The zero-order valence-corrected chi connectivity index (χ0v) is 6.36. The van der Waals surface area contributed by atoms with Crippen molar-refractivity contribution in [1.29, 1.82) is 0 Å². The summed E-state index contributed by atoms with van der Waals surface area (Å²) in [5, 5.41) is 0. The van der Waals surface area contributed by atoms with E-state index in [1.54, 1.807) is 0 Å². The van der Waals surface area contributed by atoms with E-state index in [4.69, 9.17) is 0 Å². The molecule has 0 N–H and O–H groups in total. The fraction of sp³-hybridized carbons (Fsp3) is 1.00. The SMILES string of the molecule is CC(C)(C)C(F)(F)F.Cl. The first-order chi connectivity index (χ1) is 3.25. The summed E-state index contributed by atoms with van der Waals surface area (Å²) >= 11 is 0. The number of alkyl halides is 3. The predicted molar refractivity (Wildman–Crippen MR) is 32.8 cm³/mol. The monoisotopic (exact) mass is 162 g/mol. The van der Waals surface area contributed by atoms with Gasteiger partial charge in [-0.3, -0.25) is 0 Å². The standard InChI is InChI=1S/C5H9F3.ClH/c1-4(2,3)5(6,7)8;/h1-3H3;1H. The van der Waals surface area contributed by atoms with Crippen molar-refractivity contribution in [2.24, 2.45) is 5.41 Å². The van der Waals surface area contributed by atoms with Crippen LogP contribution in [0.4, 0.5) is 13.2 Å². The highest BCUT2D eigenvalue weighted by molar-refractivity contribution is 5.85. The van der Waals surface area contributed by atoms with Crippen molar-refractivity contribution in [3.8, 4) is 0 Å². The van der Waals surface area contributed by atoms with Crippen molar-refractivity contribution in [1.82, 2.24) is 0 Å². The van der Waals surface area contributed by atoms with Gasteiger partial charge in [-0.1, -0.05) is 20.8 Å². The van der Waals surface area contributed by atoms with Crippen molar-refractivity contribution < 1.29 is 13.2 Å². The Balaban J connectivity index is 0. The Labute approximate surface area is 58.8 Å². The Kier molecular flexibility index (Phi) is 3.65. The topological polar surface area (TPSA) is 0 Å². The van der Waals surface area contributed by atoms with Crippen LogP contribution in [-0.2, 0) is 0 Å². The average molecular weight is 163 g/mol. The van der Waals surface area contributed by atoms with Gasteiger partial charge >= 0.3 is 6.18 Å². The van der Waals surface area contributed by atoms with Crippen LogP contribution >= 0.6 is 12.4 Å². The Hall–Kier alpha value is 0.0800. The number of halogens is 4. The zero-order valence-electron chi connectivity index (χ0n) is 5.54. The molecule has 0 aromatic heterocycles. The molecular weight excluding hydrogens is 153 g/mol. The van der Waals surface area contributed by atoms with Crippen molar-refractivity contribution in [2.45, 2.75) is 26.9 Å². The fourth-order valence-corrected chi connectivity index (χ4v) is 0. The molecule has 0 amide bonds. The van der Waals surface area contributed by atoms with Gasteiger partial charge in [-0.15, -0.1) is 12.4 Å². The highest BCUT2D eigenvalue weighted by Crippen LogP contribution is 2.36. The number of hydrogen-bond donors (Lipinski definition) is 0. The highest BCUT2D eigenvalue weighted by Gasteiger charge is 2.42. The van der Waals surface area contributed by atoms with Crippen molar-refractivity contribution in [3.05, 3.63) is 0 Å². The molecule has 0 atom stereocenters. The molecule has 0 heterocycles. The van der Waals surface area contributed by atoms with Crippen LogP contribution in [0.2, 0.25) is 0 Å². The number of hydrogen-bond acceptors (Lipinski definition) is 0. The third kappa shape index (κ3) is 3.62. The van der Waals surface area contributed by atoms with Gasteiger partial charge in [0.15, 0.2) is 0 Å². The van der Waals surface area contributed by atoms with Crippen LogP contribution in [-0.4, -0.2) is 6.18 Å². The van der Waals surface area contributed by atoms with E-state index in [1.165, 1.54) is 0 Å². The van der Waals surface area contributed by atoms with Gasteiger partial charge in [-0.2, -0.15) is 13.2 Å². The van der Waals surface area contributed by atoms with E-state index in [0.29, 0.717) is 0 Å². The molecule has 0 bridgehead atoms. The van der Waals surface area contributed by atoms with Gasteiger partial charge in [-0.05, 0) is 0 Å². The van der Waals surface area contributed by atoms with Gasteiger partial charge in [0.05, 0.1) is 5.41 Å². The van der Waals surface area contributed by atoms with Crippen LogP contribution in [0.1, 0.15) is 20.8 Å². The molecule has 0 saturated heterocycles. The Morgan fingerprint density at radius 1 is 0.889 bits per heavy atom. The van der Waals surface area contributed by atoms with Crippen LogP contribution in [0, 0.1) is 5.41 Å². The molecule has 0 aliphatic carbocycles. The lowest BCUT2D eigenvalue weighted by Gasteiger charge is -2.21. The van der Waals surface area contributed by atoms with Gasteiger partial charge in [0, 0.05) is 0 Å². The molecule has 0 aromatic carbocycles. The molecule has 0 fully saturated rings. The second-order valence-electron chi connectivity index (χ2n) is 2.75. The fourth-order valence-electron chi connectivity index (χ4n) is 0. The second-order valence-corrected chi connectivity index (χ2v) is 2.75. The minimum atomic E-state index is -4.06. The quantitative estimate of drug-likeness (QED) is 0.514. The molecular formula is C5H10ClF3. The van der Waals surface area contributed by atoms with E-state index in [0.717, 1.165) is 20.8 Å². The highest BCUT2D eigenvalue weighted by atomic mass is 35.5. The Morgan fingerprint density at radius 3 is 1.00 bits per heavy atom. The van der Waals surface area contributed by atoms with Gasteiger partial charge in [0.25, 0.3) is 0 Å². The van der Waals surface area contributed by atoms with E-state index in [2.05, 4.69) is 0 Å². The maximum atomic E-state index is 11.6. The van der Waals surface area contributed by atoms with Crippen LogP contribution in [0.5, 0.6) is 0 Å². The van der Waals surface area contributed by atoms with Gasteiger partial charge in [0.1, 0.15) is 0 Å². The molecule has 9 heavy (non-hydrogen) atoms. The maximum absolute atomic E-state index is 11.6. The van der Waals surface area contributed by atoms with E-state index in [9.17, 15) is 13.2 Å². The minimum Gasteiger partial charge on any atom is -0.171 e.